The van der Waals surface area contributed by atoms with E-state index in [1.54, 1.807) is 36.0 Å². The number of hydrogen-bond acceptors (Lipinski definition) is 4. The average molecular weight is 259 g/mol. The highest BCUT2D eigenvalue weighted by molar-refractivity contribution is 8.00. The van der Waals surface area contributed by atoms with Crippen molar-refractivity contribution in [3.63, 3.8) is 0 Å². The van der Waals surface area contributed by atoms with E-state index in [9.17, 15) is 8.42 Å². The van der Waals surface area contributed by atoms with Gasteiger partial charge < -0.3 is 4.74 Å². The van der Waals surface area contributed by atoms with E-state index in [0.29, 0.717) is 5.75 Å². The van der Waals surface area contributed by atoms with Crippen LogP contribution in [0.25, 0.3) is 0 Å². The largest absolute Gasteiger partial charge is 0.495 e. The van der Waals surface area contributed by atoms with Gasteiger partial charge in [0, 0.05) is 17.5 Å². The van der Waals surface area contributed by atoms with Crippen molar-refractivity contribution in [2.75, 3.05) is 18.6 Å². The second-order valence-electron chi connectivity index (χ2n) is 3.51. The summed E-state index contributed by atoms with van der Waals surface area (Å²) in [5.41, 5.74) is 0. The van der Waals surface area contributed by atoms with Crippen molar-refractivity contribution in [1.82, 2.24) is 4.72 Å². The summed E-state index contributed by atoms with van der Waals surface area (Å²) in [6.07, 6.45) is 0. The van der Waals surface area contributed by atoms with Crippen LogP contribution in [0.4, 0.5) is 0 Å². The van der Waals surface area contributed by atoms with Crippen LogP contribution < -0.4 is 9.46 Å². The molecule has 2 rings (SSSR count). The zero-order valence-electron chi connectivity index (χ0n) is 8.84. The van der Waals surface area contributed by atoms with Gasteiger partial charge >= 0.3 is 0 Å². The fourth-order valence-electron chi connectivity index (χ4n) is 1.43. The van der Waals surface area contributed by atoms with Crippen molar-refractivity contribution in [1.29, 1.82) is 0 Å². The Morgan fingerprint density at radius 1 is 1.38 bits per heavy atom. The Kier molecular flexibility index (Phi) is 3.41. The van der Waals surface area contributed by atoms with Gasteiger partial charge in [0.2, 0.25) is 10.0 Å². The molecule has 0 unspecified atom stereocenters. The molecular weight excluding hydrogens is 246 g/mol. The third-order valence-electron chi connectivity index (χ3n) is 2.32. The molecule has 1 aliphatic rings. The minimum atomic E-state index is -3.45. The standard InChI is InChI=1S/C10H13NO3S2/c1-14-9-4-2-3-5-10(9)16(12,13)11-8-6-15-7-8/h2-5,8,11H,6-7H2,1H3. The van der Waals surface area contributed by atoms with Gasteiger partial charge in [0.15, 0.2) is 0 Å². The van der Waals surface area contributed by atoms with Gasteiger partial charge in [-0.15, -0.1) is 0 Å². The maximum Gasteiger partial charge on any atom is 0.244 e. The number of rotatable bonds is 4. The van der Waals surface area contributed by atoms with Crippen molar-refractivity contribution in [3.05, 3.63) is 24.3 Å². The molecule has 0 amide bonds. The average Bonchev–Trinajstić information content (AvgIpc) is 2.24. The van der Waals surface area contributed by atoms with E-state index in [4.69, 9.17) is 4.74 Å². The van der Waals surface area contributed by atoms with Crippen LogP contribution in [0.1, 0.15) is 0 Å². The topological polar surface area (TPSA) is 55.4 Å². The summed E-state index contributed by atoms with van der Waals surface area (Å²) in [5, 5.41) is 0. The minimum Gasteiger partial charge on any atom is -0.495 e. The van der Waals surface area contributed by atoms with Gasteiger partial charge in [-0.25, -0.2) is 13.1 Å². The van der Waals surface area contributed by atoms with Gasteiger partial charge in [0.25, 0.3) is 0 Å². The Balaban J connectivity index is 2.27. The van der Waals surface area contributed by atoms with Crippen LogP contribution in [-0.4, -0.2) is 33.1 Å². The zero-order valence-corrected chi connectivity index (χ0v) is 10.5. The summed E-state index contributed by atoms with van der Waals surface area (Å²) < 4.78 is 31.7. The fraction of sp³-hybridized carbons (Fsp3) is 0.400. The van der Waals surface area contributed by atoms with Crippen molar-refractivity contribution >= 4 is 21.8 Å². The molecule has 0 radical (unpaired) electrons. The molecule has 6 heteroatoms. The summed E-state index contributed by atoms with van der Waals surface area (Å²) in [6, 6.07) is 6.68. The van der Waals surface area contributed by atoms with Gasteiger partial charge in [-0.1, -0.05) is 12.1 Å². The van der Waals surface area contributed by atoms with Gasteiger partial charge in [0.05, 0.1) is 7.11 Å². The molecular formula is C10H13NO3S2. The third-order valence-corrected chi connectivity index (χ3v) is 5.15. The molecule has 0 spiro atoms. The maximum absolute atomic E-state index is 12.0. The van der Waals surface area contributed by atoms with Crippen LogP contribution >= 0.6 is 11.8 Å². The van der Waals surface area contributed by atoms with Crippen LogP contribution in [0, 0.1) is 0 Å². The Morgan fingerprint density at radius 3 is 2.62 bits per heavy atom. The highest BCUT2D eigenvalue weighted by Crippen LogP contribution is 2.25. The van der Waals surface area contributed by atoms with E-state index in [0.717, 1.165) is 11.5 Å². The molecule has 1 N–H and O–H groups in total. The highest BCUT2D eigenvalue weighted by atomic mass is 32.2. The Hall–Kier alpha value is -0.720. The number of para-hydroxylation sites is 1. The molecule has 0 aromatic heterocycles. The molecule has 1 fully saturated rings. The summed E-state index contributed by atoms with van der Waals surface area (Å²) >= 11 is 1.73. The molecule has 1 heterocycles. The van der Waals surface area contributed by atoms with Crippen LogP contribution in [0.2, 0.25) is 0 Å². The van der Waals surface area contributed by atoms with Gasteiger partial charge in [-0.3, -0.25) is 0 Å². The highest BCUT2D eigenvalue weighted by Gasteiger charge is 2.26. The summed E-state index contributed by atoms with van der Waals surface area (Å²) in [5.74, 6) is 2.06. The van der Waals surface area contributed by atoms with Crippen molar-refractivity contribution in [2.24, 2.45) is 0 Å². The maximum atomic E-state index is 12.0. The summed E-state index contributed by atoms with van der Waals surface area (Å²) in [6.45, 7) is 0. The molecule has 4 nitrogen and oxygen atoms in total. The Bertz CT molecular complexity index is 469. The SMILES string of the molecule is COc1ccccc1S(=O)(=O)NC1CSC1. The number of nitrogens with one attached hydrogen (secondary N) is 1. The third kappa shape index (κ3) is 2.34. The first kappa shape index (κ1) is 11.8. The summed E-state index contributed by atoms with van der Waals surface area (Å²) in [4.78, 5) is 0.203. The van der Waals surface area contributed by atoms with Crippen molar-refractivity contribution in [3.8, 4) is 5.75 Å². The van der Waals surface area contributed by atoms with E-state index >= 15 is 0 Å². The molecule has 0 aliphatic carbocycles. The first-order valence-electron chi connectivity index (χ1n) is 4.86. The molecule has 1 aromatic carbocycles. The second kappa shape index (κ2) is 4.65. The van der Waals surface area contributed by atoms with Gasteiger partial charge in [0.1, 0.15) is 10.6 Å². The number of sulfonamides is 1. The van der Waals surface area contributed by atoms with Crippen LogP contribution in [0.15, 0.2) is 29.2 Å². The molecule has 1 aromatic rings. The molecule has 1 aliphatic heterocycles. The lowest BCUT2D eigenvalue weighted by molar-refractivity contribution is 0.402. The van der Waals surface area contributed by atoms with E-state index in [1.165, 1.54) is 7.11 Å². The fourth-order valence-corrected chi connectivity index (χ4v) is 3.68. The number of methoxy groups -OCH3 is 1. The minimum absolute atomic E-state index is 0.0555. The van der Waals surface area contributed by atoms with Crippen molar-refractivity contribution in [2.45, 2.75) is 10.9 Å². The molecule has 0 atom stereocenters. The number of thioether (sulfide) groups is 1. The lowest BCUT2D eigenvalue weighted by Crippen LogP contribution is -2.43. The predicted molar refractivity (Wildman–Crippen MR) is 64.4 cm³/mol. The zero-order chi connectivity index (χ0) is 11.6. The van der Waals surface area contributed by atoms with Crippen LogP contribution in [0.3, 0.4) is 0 Å². The molecule has 88 valence electrons. The number of hydrogen-bond donors (Lipinski definition) is 1. The van der Waals surface area contributed by atoms with Crippen molar-refractivity contribution < 1.29 is 13.2 Å². The molecule has 1 saturated heterocycles. The van der Waals surface area contributed by atoms with E-state index < -0.39 is 10.0 Å². The van der Waals surface area contributed by atoms with E-state index in [-0.39, 0.29) is 10.9 Å². The van der Waals surface area contributed by atoms with E-state index in [2.05, 4.69) is 4.72 Å². The Labute approximate surface area is 99.4 Å². The molecule has 0 bridgehead atoms. The lowest BCUT2D eigenvalue weighted by atomic mass is 10.3. The first-order chi connectivity index (χ1) is 7.63. The van der Waals surface area contributed by atoms with E-state index in [1.807, 2.05) is 0 Å². The Morgan fingerprint density at radius 2 is 2.06 bits per heavy atom. The smallest absolute Gasteiger partial charge is 0.244 e. The number of ether oxygens (including phenoxy) is 1. The monoisotopic (exact) mass is 259 g/mol. The predicted octanol–water partition coefficient (Wildman–Crippen LogP) is 1.09. The van der Waals surface area contributed by atoms with Crippen LogP contribution in [-0.2, 0) is 10.0 Å². The lowest BCUT2D eigenvalue weighted by Gasteiger charge is -2.25. The first-order valence-corrected chi connectivity index (χ1v) is 7.50. The second-order valence-corrected chi connectivity index (χ2v) is 6.26. The quantitative estimate of drug-likeness (QED) is 0.879. The number of benzene rings is 1. The normalized spacial score (nSPS) is 16.8. The van der Waals surface area contributed by atoms with Gasteiger partial charge in [-0.2, -0.15) is 11.8 Å². The molecule has 16 heavy (non-hydrogen) atoms. The summed E-state index contributed by atoms with van der Waals surface area (Å²) in [7, 11) is -1.99. The van der Waals surface area contributed by atoms with Gasteiger partial charge in [-0.05, 0) is 12.1 Å². The van der Waals surface area contributed by atoms with Crippen LogP contribution in [0.5, 0.6) is 5.75 Å². The molecule has 0 saturated carbocycles.